The SMILES string of the molecule is Cc1nc(C2(c3ccccc3)CCN(C(=O)C3CCC3)CC2)cs1. The van der Waals surface area contributed by atoms with Crippen molar-refractivity contribution in [3.63, 3.8) is 0 Å². The summed E-state index contributed by atoms with van der Waals surface area (Å²) in [6.07, 6.45) is 5.34. The molecule has 1 amide bonds. The zero-order chi connectivity index (χ0) is 16.6. The number of nitrogens with zero attached hydrogens (tertiary/aromatic N) is 2. The van der Waals surface area contributed by atoms with Crippen molar-refractivity contribution in [2.24, 2.45) is 5.92 Å². The molecule has 2 aliphatic rings. The third-order valence-corrected chi connectivity index (χ3v) is 6.59. The van der Waals surface area contributed by atoms with E-state index in [1.165, 1.54) is 17.7 Å². The van der Waals surface area contributed by atoms with Gasteiger partial charge in [0.05, 0.1) is 10.7 Å². The fourth-order valence-electron chi connectivity index (χ4n) is 4.06. The second-order valence-electron chi connectivity index (χ2n) is 7.15. The van der Waals surface area contributed by atoms with Crippen LogP contribution in [0.5, 0.6) is 0 Å². The first kappa shape index (κ1) is 15.8. The molecule has 1 saturated heterocycles. The Labute approximate surface area is 147 Å². The molecule has 1 saturated carbocycles. The van der Waals surface area contributed by atoms with Crippen molar-refractivity contribution in [2.45, 2.75) is 44.4 Å². The molecule has 0 N–H and O–H groups in total. The average Bonchev–Trinajstić information content (AvgIpc) is 3.01. The molecule has 0 atom stereocenters. The van der Waals surface area contributed by atoms with Gasteiger partial charge in [-0.3, -0.25) is 4.79 Å². The van der Waals surface area contributed by atoms with Crippen LogP contribution in [-0.2, 0) is 10.2 Å². The standard InChI is InChI=1S/C20H24N2OS/c1-15-21-18(14-24-15)20(17-8-3-2-4-9-17)10-12-22(13-11-20)19(23)16-6-5-7-16/h2-4,8-9,14,16H,5-7,10-13H2,1H3. The molecule has 0 radical (unpaired) electrons. The number of hydrogen-bond acceptors (Lipinski definition) is 3. The van der Waals surface area contributed by atoms with Gasteiger partial charge in [0.1, 0.15) is 0 Å². The highest BCUT2D eigenvalue weighted by molar-refractivity contribution is 7.09. The Kier molecular flexibility index (Phi) is 4.17. The monoisotopic (exact) mass is 340 g/mol. The number of likely N-dealkylation sites (tertiary alicyclic amines) is 1. The van der Waals surface area contributed by atoms with Gasteiger partial charge in [-0.15, -0.1) is 11.3 Å². The molecular weight excluding hydrogens is 316 g/mol. The number of rotatable bonds is 3. The lowest BCUT2D eigenvalue weighted by molar-refractivity contribution is -0.139. The van der Waals surface area contributed by atoms with Gasteiger partial charge in [0.2, 0.25) is 5.91 Å². The van der Waals surface area contributed by atoms with E-state index < -0.39 is 0 Å². The lowest BCUT2D eigenvalue weighted by Crippen LogP contribution is -2.48. The van der Waals surface area contributed by atoms with Crippen LogP contribution in [0.25, 0.3) is 0 Å². The van der Waals surface area contributed by atoms with Gasteiger partial charge < -0.3 is 4.90 Å². The summed E-state index contributed by atoms with van der Waals surface area (Å²) < 4.78 is 0. The maximum Gasteiger partial charge on any atom is 0.225 e. The van der Waals surface area contributed by atoms with E-state index in [9.17, 15) is 4.79 Å². The maximum absolute atomic E-state index is 12.6. The smallest absolute Gasteiger partial charge is 0.225 e. The number of carbonyl (C=O) groups excluding carboxylic acids is 1. The summed E-state index contributed by atoms with van der Waals surface area (Å²) in [7, 11) is 0. The van der Waals surface area contributed by atoms with Crippen LogP contribution in [-0.4, -0.2) is 28.9 Å². The lowest BCUT2D eigenvalue weighted by atomic mass is 9.70. The zero-order valence-corrected chi connectivity index (χ0v) is 15.0. The summed E-state index contributed by atoms with van der Waals surface area (Å²) in [6, 6.07) is 10.7. The minimum Gasteiger partial charge on any atom is -0.342 e. The summed E-state index contributed by atoms with van der Waals surface area (Å²) in [6.45, 7) is 3.77. The number of aromatic nitrogens is 1. The fourth-order valence-corrected chi connectivity index (χ4v) is 4.77. The molecule has 1 aliphatic heterocycles. The van der Waals surface area contributed by atoms with Gasteiger partial charge >= 0.3 is 0 Å². The molecular formula is C20H24N2OS. The second kappa shape index (κ2) is 6.32. The second-order valence-corrected chi connectivity index (χ2v) is 8.22. The van der Waals surface area contributed by atoms with Crippen LogP contribution in [0.4, 0.5) is 0 Å². The Morgan fingerprint density at radius 3 is 2.46 bits per heavy atom. The molecule has 126 valence electrons. The first-order valence-corrected chi connectivity index (χ1v) is 9.84. The predicted molar refractivity (Wildman–Crippen MR) is 97.2 cm³/mol. The summed E-state index contributed by atoms with van der Waals surface area (Å²) in [5, 5.41) is 3.33. The van der Waals surface area contributed by atoms with E-state index in [2.05, 4.69) is 47.5 Å². The molecule has 0 bridgehead atoms. The van der Waals surface area contributed by atoms with Crippen molar-refractivity contribution in [3.05, 3.63) is 52.0 Å². The van der Waals surface area contributed by atoms with Gasteiger partial charge in [-0.2, -0.15) is 0 Å². The topological polar surface area (TPSA) is 33.2 Å². The normalized spacial score (nSPS) is 20.6. The van der Waals surface area contributed by atoms with Crippen LogP contribution < -0.4 is 0 Å². The highest BCUT2D eigenvalue weighted by Crippen LogP contribution is 2.42. The van der Waals surface area contributed by atoms with Crippen molar-refractivity contribution in [1.82, 2.24) is 9.88 Å². The van der Waals surface area contributed by atoms with E-state index >= 15 is 0 Å². The Morgan fingerprint density at radius 1 is 1.21 bits per heavy atom. The van der Waals surface area contributed by atoms with Crippen LogP contribution in [0.2, 0.25) is 0 Å². The zero-order valence-electron chi connectivity index (χ0n) is 14.2. The maximum atomic E-state index is 12.6. The molecule has 0 spiro atoms. The number of thiazole rings is 1. The number of amides is 1. The van der Waals surface area contributed by atoms with Crippen molar-refractivity contribution in [2.75, 3.05) is 13.1 Å². The van der Waals surface area contributed by atoms with E-state index in [0.717, 1.165) is 43.8 Å². The van der Waals surface area contributed by atoms with Crippen LogP contribution in [0.15, 0.2) is 35.7 Å². The molecule has 3 nitrogen and oxygen atoms in total. The van der Waals surface area contributed by atoms with Gasteiger partial charge in [-0.25, -0.2) is 4.98 Å². The Hall–Kier alpha value is -1.68. The molecule has 1 aromatic heterocycles. The van der Waals surface area contributed by atoms with E-state index in [0.29, 0.717) is 11.8 Å². The van der Waals surface area contributed by atoms with Crippen molar-refractivity contribution in [3.8, 4) is 0 Å². The van der Waals surface area contributed by atoms with E-state index in [4.69, 9.17) is 4.98 Å². The summed E-state index contributed by atoms with van der Waals surface area (Å²) >= 11 is 1.72. The summed E-state index contributed by atoms with van der Waals surface area (Å²) in [5.41, 5.74) is 2.49. The summed E-state index contributed by atoms with van der Waals surface area (Å²) in [4.78, 5) is 19.5. The highest BCUT2D eigenvalue weighted by atomic mass is 32.1. The molecule has 2 heterocycles. The Balaban J connectivity index is 1.60. The van der Waals surface area contributed by atoms with Gasteiger partial charge in [-0.05, 0) is 38.2 Å². The van der Waals surface area contributed by atoms with E-state index in [-0.39, 0.29) is 5.41 Å². The minimum absolute atomic E-state index is 0.0393. The van der Waals surface area contributed by atoms with E-state index in [1.807, 2.05) is 0 Å². The molecule has 0 unspecified atom stereocenters. The highest BCUT2D eigenvalue weighted by Gasteiger charge is 2.41. The molecule has 1 aliphatic carbocycles. The molecule has 4 rings (SSSR count). The molecule has 4 heteroatoms. The van der Waals surface area contributed by atoms with Crippen LogP contribution in [0.1, 0.15) is 48.4 Å². The number of benzene rings is 1. The summed E-state index contributed by atoms with van der Waals surface area (Å²) in [5.74, 6) is 0.688. The van der Waals surface area contributed by atoms with Crippen molar-refractivity contribution in [1.29, 1.82) is 0 Å². The Morgan fingerprint density at radius 2 is 1.92 bits per heavy atom. The van der Waals surface area contributed by atoms with Gasteiger partial charge in [-0.1, -0.05) is 36.8 Å². The first-order chi connectivity index (χ1) is 11.7. The molecule has 1 aromatic carbocycles. The minimum atomic E-state index is -0.0393. The number of hydrogen-bond donors (Lipinski definition) is 0. The fraction of sp³-hybridized carbons (Fsp3) is 0.500. The predicted octanol–water partition coefficient (Wildman–Crippen LogP) is 4.16. The van der Waals surface area contributed by atoms with Gasteiger partial charge in [0.25, 0.3) is 0 Å². The third-order valence-electron chi connectivity index (χ3n) is 5.82. The molecule has 2 fully saturated rings. The van der Waals surface area contributed by atoms with Gasteiger partial charge in [0, 0.05) is 29.8 Å². The van der Waals surface area contributed by atoms with Crippen LogP contribution in [0.3, 0.4) is 0 Å². The number of piperidine rings is 1. The third kappa shape index (κ3) is 2.67. The molecule has 2 aromatic rings. The first-order valence-electron chi connectivity index (χ1n) is 8.96. The number of carbonyl (C=O) groups is 1. The quantitative estimate of drug-likeness (QED) is 0.840. The average molecular weight is 340 g/mol. The van der Waals surface area contributed by atoms with E-state index in [1.54, 1.807) is 11.3 Å². The van der Waals surface area contributed by atoms with Crippen LogP contribution in [0, 0.1) is 12.8 Å². The van der Waals surface area contributed by atoms with Crippen LogP contribution >= 0.6 is 11.3 Å². The Bertz CT molecular complexity index is 712. The van der Waals surface area contributed by atoms with Crippen molar-refractivity contribution >= 4 is 17.2 Å². The largest absolute Gasteiger partial charge is 0.342 e. The van der Waals surface area contributed by atoms with Gasteiger partial charge in [0.15, 0.2) is 0 Å². The molecule has 24 heavy (non-hydrogen) atoms. The number of aryl methyl sites for hydroxylation is 1. The lowest BCUT2D eigenvalue weighted by Gasteiger charge is -2.43. The van der Waals surface area contributed by atoms with Crippen molar-refractivity contribution < 1.29 is 4.79 Å².